The molecule has 2 aliphatic rings. The number of aryl methyl sites for hydroxylation is 1. The van der Waals surface area contributed by atoms with Crippen molar-refractivity contribution >= 4 is 11.8 Å². The molecule has 130 valence electrons. The van der Waals surface area contributed by atoms with Crippen LogP contribution in [0.15, 0.2) is 18.2 Å². The predicted octanol–water partition coefficient (Wildman–Crippen LogP) is 0.0724. The maximum atomic E-state index is 13.6. The van der Waals surface area contributed by atoms with Crippen molar-refractivity contribution in [1.82, 2.24) is 15.5 Å². The van der Waals surface area contributed by atoms with Crippen LogP contribution in [0.4, 0.5) is 4.39 Å². The molecule has 4 atom stereocenters. The van der Waals surface area contributed by atoms with Crippen LogP contribution < -0.4 is 10.6 Å². The molecule has 1 aromatic carbocycles. The van der Waals surface area contributed by atoms with Gasteiger partial charge in [-0.1, -0.05) is 12.1 Å². The van der Waals surface area contributed by atoms with E-state index in [0.29, 0.717) is 25.1 Å². The summed E-state index contributed by atoms with van der Waals surface area (Å²) in [7, 11) is 0. The van der Waals surface area contributed by atoms with Gasteiger partial charge in [-0.15, -0.1) is 0 Å². The summed E-state index contributed by atoms with van der Waals surface area (Å²) < 4.78 is 13.6. The van der Waals surface area contributed by atoms with Gasteiger partial charge in [0.25, 0.3) is 0 Å². The molecule has 7 heteroatoms. The fourth-order valence-electron chi connectivity index (χ4n) is 3.30. The van der Waals surface area contributed by atoms with Crippen LogP contribution in [0.1, 0.15) is 24.5 Å². The Balaban J connectivity index is 1.63. The van der Waals surface area contributed by atoms with Crippen molar-refractivity contribution < 1.29 is 19.1 Å². The zero-order valence-electron chi connectivity index (χ0n) is 13.8. The number of rotatable bonds is 4. The minimum atomic E-state index is -0.926. The number of carbonyl (C=O) groups excluding carboxylic acids is 2. The number of benzene rings is 1. The Morgan fingerprint density at radius 2 is 2.21 bits per heavy atom. The van der Waals surface area contributed by atoms with E-state index in [9.17, 15) is 19.1 Å². The van der Waals surface area contributed by atoms with Gasteiger partial charge in [-0.05, 0) is 37.5 Å². The van der Waals surface area contributed by atoms with Gasteiger partial charge in [-0.25, -0.2) is 4.39 Å². The van der Waals surface area contributed by atoms with E-state index in [-0.39, 0.29) is 23.7 Å². The first-order chi connectivity index (χ1) is 11.4. The quantitative estimate of drug-likeness (QED) is 0.727. The average Bonchev–Trinajstić information content (AvgIpc) is 2.97. The molecule has 2 saturated heterocycles. The second-order valence-corrected chi connectivity index (χ2v) is 6.63. The van der Waals surface area contributed by atoms with Crippen LogP contribution in [0.25, 0.3) is 0 Å². The van der Waals surface area contributed by atoms with Gasteiger partial charge in [-0.2, -0.15) is 0 Å². The van der Waals surface area contributed by atoms with Gasteiger partial charge in [0.05, 0.1) is 6.10 Å². The van der Waals surface area contributed by atoms with Crippen molar-refractivity contribution in [2.24, 2.45) is 0 Å². The van der Waals surface area contributed by atoms with E-state index >= 15 is 0 Å². The Morgan fingerprint density at radius 3 is 2.88 bits per heavy atom. The molecular weight excluding hydrogens is 313 g/mol. The molecule has 3 rings (SSSR count). The number of aliphatic hydroxyl groups is 1. The van der Waals surface area contributed by atoms with Gasteiger partial charge in [-0.3, -0.25) is 9.59 Å². The molecule has 6 nitrogen and oxygen atoms in total. The van der Waals surface area contributed by atoms with Crippen LogP contribution in [-0.2, 0) is 16.1 Å². The number of aliphatic hydroxyl groups excluding tert-OH is 1. The first kappa shape index (κ1) is 16.9. The lowest BCUT2D eigenvalue weighted by atomic mass is 10.0. The molecule has 3 N–H and O–H groups in total. The number of nitrogens with zero attached hydrogens (tertiary/aromatic N) is 1. The number of fused-ring (bicyclic) bond motifs is 1. The van der Waals surface area contributed by atoms with Crippen molar-refractivity contribution in [2.45, 2.75) is 51.0 Å². The number of nitrogens with one attached hydrogen (secondary N) is 2. The Bertz CT molecular complexity index is 664. The number of hydrogen-bond donors (Lipinski definition) is 3. The highest BCUT2D eigenvalue weighted by molar-refractivity contribution is 5.97. The lowest BCUT2D eigenvalue weighted by molar-refractivity contribution is -0.149. The fraction of sp³-hybridized carbons (Fsp3) is 0.529. The fourth-order valence-corrected chi connectivity index (χ4v) is 3.30. The van der Waals surface area contributed by atoms with Gasteiger partial charge in [0.2, 0.25) is 11.8 Å². The maximum absolute atomic E-state index is 13.6. The van der Waals surface area contributed by atoms with E-state index in [1.54, 1.807) is 13.0 Å². The summed E-state index contributed by atoms with van der Waals surface area (Å²) in [5, 5.41) is 15.5. The average molecular weight is 335 g/mol. The maximum Gasteiger partial charge on any atom is 0.248 e. The van der Waals surface area contributed by atoms with Crippen LogP contribution in [0.3, 0.4) is 0 Å². The number of piperazine rings is 1. The van der Waals surface area contributed by atoms with E-state index in [2.05, 4.69) is 10.6 Å². The Kier molecular flexibility index (Phi) is 4.56. The van der Waals surface area contributed by atoms with E-state index in [1.807, 2.05) is 6.07 Å². The first-order valence-electron chi connectivity index (χ1n) is 8.14. The van der Waals surface area contributed by atoms with E-state index in [4.69, 9.17) is 0 Å². The minimum Gasteiger partial charge on any atom is -0.391 e. The molecule has 0 aliphatic carbocycles. The highest BCUT2D eigenvalue weighted by Gasteiger charge is 2.47. The largest absolute Gasteiger partial charge is 0.391 e. The molecule has 0 spiro atoms. The summed E-state index contributed by atoms with van der Waals surface area (Å²) in [6, 6.07) is 3.66. The third kappa shape index (κ3) is 3.14. The van der Waals surface area contributed by atoms with Crippen molar-refractivity contribution in [3.05, 3.63) is 35.1 Å². The second-order valence-electron chi connectivity index (χ2n) is 6.63. The summed E-state index contributed by atoms with van der Waals surface area (Å²) in [4.78, 5) is 26.0. The molecule has 1 aromatic rings. The summed E-state index contributed by atoms with van der Waals surface area (Å²) in [6.45, 7) is 4.08. The van der Waals surface area contributed by atoms with Crippen LogP contribution >= 0.6 is 0 Å². The standard InChI is InChI=1S/C17H22FN3O3/c1-9-3-4-11(5-13(9)18)7-19-12-6-14-16(23)20-15(10(2)22)17(24)21(14)8-12/h3-5,10,12,14-15,19,22H,6-8H2,1-2H3,(H,20,23)/t10-,12+,14+,15+/m1/s1. The molecule has 2 fully saturated rings. The summed E-state index contributed by atoms with van der Waals surface area (Å²) in [6.07, 6.45) is -0.414. The summed E-state index contributed by atoms with van der Waals surface area (Å²) >= 11 is 0. The smallest absolute Gasteiger partial charge is 0.248 e. The van der Waals surface area contributed by atoms with Crippen LogP contribution in [0.2, 0.25) is 0 Å². The van der Waals surface area contributed by atoms with Crippen LogP contribution in [0, 0.1) is 12.7 Å². The number of carbonyl (C=O) groups is 2. The molecule has 0 saturated carbocycles. The number of amides is 2. The van der Waals surface area contributed by atoms with Crippen LogP contribution in [-0.4, -0.2) is 52.6 Å². The summed E-state index contributed by atoms with van der Waals surface area (Å²) in [5.74, 6) is -0.723. The van der Waals surface area contributed by atoms with Gasteiger partial charge in [0.1, 0.15) is 17.9 Å². The Hall–Kier alpha value is -1.99. The van der Waals surface area contributed by atoms with Crippen molar-refractivity contribution in [3.8, 4) is 0 Å². The van der Waals surface area contributed by atoms with Crippen molar-refractivity contribution in [3.63, 3.8) is 0 Å². The molecule has 0 unspecified atom stereocenters. The molecule has 24 heavy (non-hydrogen) atoms. The molecule has 2 amide bonds. The lowest BCUT2D eigenvalue weighted by Gasteiger charge is -2.35. The van der Waals surface area contributed by atoms with E-state index in [1.165, 1.54) is 17.9 Å². The molecule has 0 radical (unpaired) electrons. The van der Waals surface area contributed by atoms with E-state index in [0.717, 1.165) is 5.56 Å². The topological polar surface area (TPSA) is 81.7 Å². The lowest BCUT2D eigenvalue weighted by Crippen LogP contribution is -2.64. The Labute approximate surface area is 140 Å². The van der Waals surface area contributed by atoms with Gasteiger partial charge in [0, 0.05) is 19.1 Å². The summed E-state index contributed by atoms with van der Waals surface area (Å²) in [5.41, 5.74) is 1.42. The molecule has 2 aliphatic heterocycles. The highest BCUT2D eigenvalue weighted by atomic mass is 19.1. The number of hydrogen-bond acceptors (Lipinski definition) is 4. The molecule has 0 aromatic heterocycles. The van der Waals surface area contributed by atoms with Crippen LogP contribution in [0.5, 0.6) is 0 Å². The monoisotopic (exact) mass is 335 g/mol. The van der Waals surface area contributed by atoms with E-state index < -0.39 is 18.2 Å². The zero-order chi connectivity index (χ0) is 17.4. The second kappa shape index (κ2) is 6.49. The Morgan fingerprint density at radius 1 is 1.46 bits per heavy atom. The minimum absolute atomic E-state index is 0.0400. The SMILES string of the molecule is Cc1ccc(CN[C@H]2C[C@H]3C(=O)N[C@@H]([C@@H](C)O)C(=O)N3C2)cc1F. The third-order valence-corrected chi connectivity index (χ3v) is 4.76. The zero-order valence-corrected chi connectivity index (χ0v) is 13.8. The third-order valence-electron chi connectivity index (χ3n) is 4.76. The van der Waals surface area contributed by atoms with Crippen molar-refractivity contribution in [1.29, 1.82) is 0 Å². The molecule has 2 heterocycles. The van der Waals surface area contributed by atoms with Crippen molar-refractivity contribution in [2.75, 3.05) is 6.54 Å². The normalized spacial score (nSPS) is 27.8. The predicted molar refractivity (Wildman–Crippen MR) is 85.5 cm³/mol. The highest BCUT2D eigenvalue weighted by Crippen LogP contribution is 2.24. The molecule has 0 bridgehead atoms. The molecular formula is C17H22FN3O3. The van der Waals surface area contributed by atoms with Gasteiger partial charge in [0.15, 0.2) is 0 Å². The van der Waals surface area contributed by atoms with Gasteiger partial charge < -0.3 is 20.6 Å². The van der Waals surface area contributed by atoms with Gasteiger partial charge >= 0.3 is 0 Å². The number of halogens is 1. The first-order valence-corrected chi connectivity index (χ1v) is 8.14.